The summed E-state index contributed by atoms with van der Waals surface area (Å²) in [7, 11) is 0. The van der Waals surface area contributed by atoms with Gasteiger partial charge in [0.15, 0.2) is 0 Å². The quantitative estimate of drug-likeness (QED) is 0.891. The number of nitrogens with zero attached hydrogens (tertiary/aromatic N) is 2. The fraction of sp³-hybridized carbons (Fsp3) is 0.579. The second-order valence-corrected chi connectivity index (χ2v) is 6.94. The Bertz CT molecular complexity index is 639. The Morgan fingerprint density at radius 2 is 1.85 bits per heavy atom. The van der Waals surface area contributed by atoms with Crippen LogP contribution >= 0.6 is 0 Å². The summed E-state index contributed by atoms with van der Waals surface area (Å²) < 4.78 is 11.1. The molecule has 7 nitrogen and oxygen atoms in total. The van der Waals surface area contributed by atoms with Gasteiger partial charge >= 0.3 is 6.03 Å². The minimum atomic E-state index is -0.185. The molecule has 0 spiro atoms. The van der Waals surface area contributed by atoms with Gasteiger partial charge in [0.05, 0.1) is 24.9 Å². The van der Waals surface area contributed by atoms with Crippen LogP contribution in [0.15, 0.2) is 24.3 Å². The number of rotatable bonds is 4. The number of amides is 3. The number of carbonyl (C=O) groups excluding carboxylic acids is 2. The fourth-order valence-corrected chi connectivity index (χ4v) is 3.55. The molecule has 0 bridgehead atoms. The first-order valence-electron chi connectivity index (χ1n) is 9.20. The Morgan fingerprint density at radius 3 is 2.46 bits per heavy atom. The van der Waals surface area contributed by atoms with Gasteiger partial charge in [0.25, 0.3) is 0 Å². The van der Waals surface area contributed by atoms with E-state index in [1.54, 1.807) is 9.80 Å². The second kappa shape index (κ2) is 7.95. The van der Waals surface area contributed by atoms with Gasteiger partial charge in [0.2, 0.25) is 5.91 Å². The number of carbonyl (C=O) groups is 2. The zero-order chi connectivity index (χ0) is 18.7. The molecule has 0 aromatic heterocycles. The van der Waals surface area contributed by atoms with Gasteiger partial charge in [-0.25, -0.2) is 4.79 Å². The first-order chi connectivity index (χ1) is 12.5. The predicted molar refractivity (Wildman–Crippen MR) is 98.5 cm³/mol. The number of urea groups is 1. The maximum absolute atomic E-state index is 12.5. The van der Waals surface area contributed by atoms with Gasteiger partial charge < -0.3 is 24.6 Å². The molecule has 26 heavy (non-hydrogen) atoms. The monoisotopic (exact) mass is 361 g/mol. The van der Waals surface area contributed by atoms with Crippen LogP contribution in [0.25, 0.3) is 0 Å². The molecule has 0 radical (unpaired) electrons. The molecular formula is C19H27N3O4. The van der Waals surface area contributed by atoms with E-state index < -0.39 is 0 Å². The summed E-state index contributed by atoms with van der Waals surface area (Å²) in [5.41, 5.74) is 0.823. The summed E-state index contributed by atoms with van der Waals surface area (Å²) in [6.07, 6.45) is 0.360. The molecule has 2 fully saturated rings. The third-order valence-corrected chi connectivity index (χ3v) is 4.62. The largest absolute Gasteiger partial charge is 0.494 e. The Hall–Kier alpha value is -2.28. The van der Waals surface area contributed by atoms with Crippen molar-refractivity contribution in [3.63, 3.8) is 0 Å². The molecular weight excluding hydrogens is 334 g/mol. The predicted octanol–water partition coefficient (Wildman–Crippen LogP) is 2.01. The van der Waals surface area contributed by atoms with Gasteiger partial charge in [-0.05, 0) is 45.0 Å². The standard InChI is InChI=1S/C19H27N3O4/c1-4-25-17-7-5-16(6-8-17)22-12-15(9-18(22)23)20-19(24)21-10-13(2)26-14(3)11-21/h5-8,13-15H,4,9-12H2,1-3H3,(H,20,24)/t13-,14-,15-/m1/s1. The number of anilines is 1. The average molecular weight is 361 g/mol. The summed E-state index contributed by atoms with van der Waals surface area (Å²) in [5, 5.41) is 3.00. The van der Waals surface area contributed by atoms with Crippen molar-refractivity contribution >= 4 is 17.6 Å². The first-order valence-corrected chi connectivity index (χ1v) is 9.20. The maximum atomic E-state index is 12.5. The molecule has 0 unspecified atom stereocenters. The molecule has 2 saturated heterocycles. The molecule has 3 rings (SSSR count). The minimum Gasteiger partial charge on any atom is -0.494 e. The minimum absolute atomic E-state index is 0.0168. The summed E-state index contributed by atoms with van der Waals surface area (Å²) in [6, 6.07) is 7.15. The zero-order valence-corrected chi connectivity index (χ0v) is 15.6. The zero-order valence-electron chi connectivity index (χ0n) is 15.6. The van der Waals surface area contributed by atoms with Gasteiger partial charge in [-0.1, -0.05) is 0 Å². The van der Waals surface area contributed by atoms with Crippen molar-refractivity contribution in [2.24, 2.45) is 0 Å². The van der Waals surface area contributed by atoms with Gasteiger partial charge in [-0.15, -0.1) is 0 Å². The molecule has 2 aliphatic rings. The highest BCUT2D eigenvalue weighted by molar-refractivity contribution is 5.96. The van der Waals surface area contributed by atoms with E-state index in [4.69, 9.17) is 9.47 Å². The molecule has 3 amide bonds. The molecule has 1 N–H and O–H groups in total. The van der Waals surface area contributed by atoms with E-state index in [9.17, 15) is 9.59 Å². The summed E-state index contributed by atoms with van der Waals surface area (Å²) in [4.78, 5) is 28.4. The normalized spacial score (nSPS) is 26.1. The lowest BCUT2D eigenvalue weighted by Gasteiger charge is -2.35. The van der Waals surface area contributed by atoms with Gasteiger partial charge in [0.1, 0.15) is 5.75 Å². The Balaban J connectivity index is 1.58. The van der Waals surface area contributed by atoms with Gasteiger partial charge in [-0.2, -0.15) is 0 Å². The van der Waals surface area contributed by atoms with Crippen LogP contribution in [0, 0.1) is 0 Å². The third kappa shape index (κ3) is 4.27. The van der Waals surface area contributed by atoms with Crippen molar-refractivity contribution in [1.29, 1.82) is 0 Å². The summed E-state index contributed by atoms with van der Waals surface area (Å²) in [5.74, 6) is 0.798. The van der Waals surface area contributed by atoms with Gasteiger partial charge in [-0.3, -0.25) is 4.79 Å². The van der Waals surface area contributed by atoms with Crippen LogP contribution in [0.1, 0.15) is 27.2 Å². The Labute approximate surface area is 154 Å². The lowest BCUT2D eigenvalue weighted by atomic mass is 10.2. The lowest BCUT2D eigenvalue weighted by molar-refractivity contribution is -0.117. The van der Waals surface area contributed by atoms with Crippen molar-refractivity contribution in [3.05, 3.63) is 24.3 Å². The van der Waals surface area contributed by atoms with Crippen molar-refractivity contribution in [2.45, 2.75) is 45.4 Å². The molecule has 142 valence electrons. The molecule has 1 aromatic rings. The van der Waals surface area contributed by atoms with Gasteiger partial charge in [0, 0.05) is 31.7 Å². The van der Waals surface area contributed by atoms with E-state index in [-0.39, 0.29) is 30.2 Å². The van der Waals surface area contributed by atoms with Crippen LogP contribution in [0.5, 0.6) is 5.75 Å². The van der Waals surface area contributed by atoms with Crippen LogP contribution in [0.3, 0.4) is 0 Å². The van der Waals surface area contributed by atoms with Crippen molar-refractivity contribution in [3.8, 4) is 5.75 Å². The highest BCUT2D eigenvalue weighted by atomic mass is 16.5. The number of nitrogens with one attached hydrogen (secondary N) is 1. The lowest BCUT2D eigenvalue weighted by Crippen LogP contribution is -2.53. The smallest absolute Gasteiger partial charge is 0.317 e. The van der Waals surface area contributed by atoms with Crippen molar-refractivity contribution < 1.29 is 19.1 Å². The number of benzene rings is 1. The van der Waals surface area contributed by atoms with E-state index in [2.05, 4.69) is 5.32 Å². The van der Waals surface area contributed by atoms with Crippen LogP contribution in [-0.2, 0) is 9.53 Å². The molecule has 2 aliphatic heterocycles. The highest BCUT2D eigenvalue weighted by Gasteiger charge is 2.34. The summed E-state index contributed by atoms with van der Waals surface area (Å²) >= 11 is 0. The topological polar surface area (TPSA) is 71.1 Å². The molecule has 0 aliphatic carbocycles. The molecule has 1 aromatic carbocycles. The van der Waals surface area contributed by atoms with Crippen LogP contribution in [-0.4, -0.2) is 61.3 Å². The van der Waals surface area contributed by atoms with Crippen molar-refractivity contribution in [1.82, 2.24) is 10.2 Å². The van der Waals surface area contributed by atoms with Crippen molar-refractivity contribution in [2.75, 3.05) is 31.1 Å². The SMILES string of the molecule is CCOc1ccc(N2C[C@H](NC(=O)N3C[C@@H](C)O[C@H](C)C3)CC2=O)cc1. The van der Waals surface area contributed by atoms with E-state index in [0.717, 1.165) is 11.4 Å². The second-order valence-electron chi connectivity index (χ2n) is 6.94. The van der Waals surface area contributed by atoms with E-state index in [1.165, 1.54) is 0 Å². The molecule has 2 heterocycles. The molecule has 3 atom stereocenters. The molecule has 0 saturated carbocycles. The highest BCUT2D eigenvalue weighted by Crippen LogP contribution is 2.24. The van der Waals surface area contributed by atoms with Crippen LogP contribution in [0.4, 0.5) is 10.5 Å². The first kappa shape index (κ1) is 18.5. The Morgan fingerprint density at radius 1 is 1.19 bits per heavy atom. The number of hydrogen-bond acceptors (Lipinski definition) is 4. The Kier molecular flexibility index (Phi) is 5.66. The number of ether oxygens (including phenoxy) is 2. The maximum Gasteiger partial charge on any atom is 0.317 e. The average Bonchev–Trinajstić information content (AvgIpc) is 2.95. The third-order valence-electron chi connectivity index (χ3n) is 4.62. The van der Waals surface area contributed by atoms with E-state index in [0.29, 0.717) is 32.7 Å². The summed E-state index contributed by atoms with van der Waals surface area (Å²) in [6.45, 7) is 8.08. The molecule has 7 heteroatoms. The van der Waals surface area contributed by atoms with Crippen LogP contribution in [0.2, 0.25) is 0 Å². The van der Waals surface area contributed by atoms with E-state index >= 15 is 0 Å². The number of morpholine rings is 1. The van der Waals surface area contributed by atoms with E-state index in [1.807, 2.05) is 45.0 Å². The fourth-order valence-electron chi connectivity index (χ4n) is 3.55. The van der Waals surface area contributed by atoms with Crippen LogP contribution < -0.4 is 15.0 Å². The number of hydrogen-bond donors (Lipinski definition) is 1.